The molecule has 21 heavy (non-hydrogen) atoms. The number of hydrogen-bond acceptors (Lipinski definition) is 2. The van der Waals surface area contributed by atoms with Crippen LogP contribution in [0, 0.1) is 13.8 Å². The summed E-state index contributed by atoms with van der Waals surface area (Å²) in [7, 11) is 0. The summed E-state index contributed by atoms with van der Waals surface area (Å²) in [5.74, 6) is 0.205. The minimum atomic E-state index is -0.178. The molecule has 0 aliphatic rings. The summed E-state index contributed by atoms with van der Waals surface area (Å²) in [4.78, 5) is 12.3. The van der Waals surface area contributed by atoms with Crippen molar-refractivity contribution in [3.8, 4) is 0 Å². The van der Waals surface area contributed by atoms with Crippen LogP contribution in [0.3, 0.4) is 0 Å². The van der Waals surface area contributed by atoms with E-state index < -0.39 is 0 Å². The molecule has 1 aromatic rings. The summed E-state index contributed by atoms with van der Waals surface area (Å²) >= 11 is 5.08. The third kappa shape index (κ3) is 5.01. The molecule has 0 aliphatic carbocycles. The van der Waals surface area contributed by atoms with Crippen molar-refractivity contribution in [2.45, 2.75) is 53.5 Å². The van der Waals surface area contributed by atoms with Crippen LogP contribution in [0.4, 0.5) is 0 Å². The van der Waals surface area contributed by atoms with Gasteiger partial charge in [-0.1, -0.05) is 19.9 Å². The first-order chi connectivity index (χ1) is 9.72. The molecule has 0 atom stereocenters. The molecule has 0 saturated carbocycles. The van der Waals surface area contributed by atoms with Gasteiger partial charge in [0.2, 0.25) is 0 Å². The molecule has 4 nitrogen and oxygen atoms in total. The Kier molecular flexibility index (Phi) is 6.15. The minimum absolute atomic E-state index is 0.178. The van der Waals surface area contributed by atoms with Gasteiger partial charge in [0.05, 0.1) is 0 Å². The molecule has 1 aromatic carbocycles. The Balaban J connectivity index is 2.83. The molecule has 0 aromatic heterocycles. The van der Waals surface area contributed by atoms with Gasteiger partial charge in [0.1, 0.15) is 0 Å². The highest BCUT2D eigenvalue weighted by atomic mass is 32.1. The molecule has 0 aliphatic heterocycles. The van der Waals surface area contributed by atoms with E-state index in [1.807, 2.05) is 26.8 Å². The van der Waals surface area contributed by atoms with E-state index in [0.29, 0.717) is 16.6 Å². The lowest BCUT2D eigenvalue weighted by Gasteiger charge is -2.17. The molecule has 0 unspecified atom stereocenters. The lowest BCUT2D eigenvalue weighted by Crippen LogP contribution is -2.48. The van der Waals surface area contributed by atoms with Gasteiger partial charge in [-0.05, 0) is 68.6 Å². The fourth-order valence-corrected chi connectivity index (χ4v) is 2.50. The molecule has 5 heteroatoms. The van der Waals surface area contributed by atoms with Crippen molar-refractivity contribution < 1.29 is 4.79 Å². The average molecular weight is 307 g/mol. The van der Waals surface area contributed by atoms with E-state index in [4.69, 9.17) is 12.2 Å². The Bertz CT molecular complexity index is 539. The number of amides is 1. The maximum Gasteiger partial charge on any atom is 0.269 e. The largest absolute Gasteiger partial charge is 0.359 e. The van der Waals surface area contributed by atoms with E-state index in [1.165, 1.54) is 11.1 Å². The number of hydrogen-bond donors (Lipinski definition) is 3. The molecule has 0 spiro atoms. The minimum Gasteiger partial charge on any atom is -0.359 e. The lowest BCUT2D eigenvalue weighted by molar-refractivity contribution is 0.0943. The van der Waals surface area contributed by atoms with Gasteiger partial charge in [-0.15, -0.1) is 0 Å². The summed E-state index contributed by atoms with van der Waals surface area (Å²) in [5, 5.41) is 3.42. The number of carbonyl (C=O) groups excluding carboxylic acids is 1. The zero-order valence-corrected chi connectivity index (χ0v) is 14.4. The Hall–Kier alpha value is -1.62. The van der Waals surface area contributed by atoms with Crippen molar-refractivity contribution in [1.29, 1.82) is 0 Å². The molecular formula is C16H25N3OS. The van der Waals surface area contributed by atoms with E-state index in [2.05, 4.69) is 43.0 Å². The van der Waals surface area contributed by atoms with Crippen molar-refractivity contribution in [3.05, 3.63) is 34.4 Å². The van der Waals surface area contributed by atoms with E-state index in [1.54, 1.807) is 0 Å². The van der Waals surface area contributed by atoms with E-state index in [0.717, 1.165) is 5.56 Å². The Labute approximate surface area is 132 Å². The van der Waals surface area contributed by atoms with Crippen LogP contribution in [0.1, 0.15) is 60.7 Å². The van der Waals surface area contributed by atoms with E-state index in [9.17, 15) is 4.79 Å². The van der Waals surface area contributed by atoms with Gasteiger partial charge >= 0.3 is 0 Å². The topological polar surface area (TPSA) is 53.2 Å². The third-order valence-electron chi connectivity index (χ3n) is 3.19. The van der Waals surface area contributed by atoms with Crippen molar-refractivity contribution >= 4 is 23.2 Å². The van der Waals surface area contributed by atoms with Gasteiger partial charge in [-0.25, -0.2) is 0 Å². The molecule has 0 bridgehead atoms. The second kappa shape index (κ2) is 7.41. The second-order valence-corrected chi connectivity index (χ2v) is 6.29. The van der Waals surface area contributed by atoms with Gasteiger partial charge in [-0.2, -0.15) is 0 Å². The molecule has 1 rings (SSSR count). The van der Waals surface area contributed by atoms with Crippen molar-refractivity contribution in [2.75, 3.05) is 0 Å². The normalized spacial score (nSPS) is 10.7. The predicted octanol–water partition coefficient (Wildman–Crippen LogP) is 2.94. The Morgan fingerprint density at radius 3 is 2.19 bits per heavy atom. The highest BCUT2D eigenvalue weighted by Gasteiger charge is 2.13. The number of thiocarbonyl (C=S) groups is 1. The quantitative estimate of drug-likeness (QED) is 0.594. The summed E-state index contributed by atoms with van der Waals surface area (Å²) in [6.07, 6.45) is 0. The SMILES string of the molecule is Cc1cc(C)c(C(C)C)cc1C(=O)NNC(=S)NC(C)C. The zero-order valence-electron chi connectivity index (χ0n) is 13.6. The molecule has 0 heterocycles. The summed E-state index contributed by atoms with van der Waals surface area (Å²) < 4.78 is 0. The van der Waals surface area contributed by atoms with Gasteiger partial charge in [0.15, 0.2) is 5.11 Å². The smallest absolute Gasteiger partial charge is 0.269 e. The van der Waals surface area contributed by atoms with Gasteiger partial charge in [-0.3, -0.25) is 15.6 Å². The number of carbonyl (C=O) groups is 1. The number of nitrogens with one attached hydrogen (secondary N) is 3. The van der Waals surface area contributed by atoms with Crippen LogP contribution >= 0.6 is 12.2 Å². The summed E-state index contributed by atoms with van der Waals surface area (Å²) in [6.45, 7) is 12.2. The fourth-order valence-electron chi connectivity index (χ4n) is 2.21. The van der Waals surface area contributed by atoms with Crippen LogP contribution in [0.5, 0.6) is 0 Å². The zero-order chi connectivity index (χ0) is 16.2. The molecule has 0 saturated heterocycles. The van der Waals surface area contributed by atoms with Gasteiger partial charge in [0.25, 0.3) is 5.91 Å². The molecule has 0 fully saturated rings. The van der Waals surface area contributed by atoms with E-state index >= 15 is 0 Å². The highest BCUT2D eigenvalue weighted by molar-refractivity contribution is 7.80. The summed E-state index contributed by atoms with van der Waals surface area (Å²) in [5.41, 5.74) is 9.39. The standard InChI is InChI=1S/C16H25N3OS/c1-9(2)13-8-14(12(6)7-11(13)5)15(20)18-19-16(21)17-10(3)4/h7-10H,1-6H3,(H,18,20)(H2,17,19,21). The monoisotopic (exact) mass is 307 g/mol. The Morgan fingerprint density at radius 1 is 1.05 bits per heavy atom. The van der Waals surface area contributed by atoms with Crippen LogP contribution in [-0.4, -0.2) is 17.1 Å². The molecular weight excluding hydrogens is 282 g/mol. The van der Waals surface area contributed by atoms with Crippen LogP contribution in [0.2, 0.25) is 0 Å². The predicted molar refractivity (Wildman–Crippen MR) is 91.5 cm³/mol. The molecule has 116 valence electrons. The summed E-state index contributed by atoms with van der Waals surface area (Å²) in [6, 6.07) is 4.23. The maximum atomic E-state index is 12.3. The first-order valence-electron chi connectivity index (χ1n) is 7.20. The second-order valence-electron chi connectivity index (χ2n) is 5.89. The number of rotatable bonds is 3. The van der Waals surface area contributed by atoms with Crippen LogP contribution < -0.4 is 16.2 Å². The van der Waals surface area contributed by atoms with Crippen molar-refractivity contribution in [3.63, 3.8) is 0 Å². The number of hydrazine groups is 1. The highest BCUT2D eigenvalue weighted by Crippen LogP contribution is 2.23. The van der Waals surface area contributed by atoms with Crippen molar-refractivity contribution in [1.82, 2.24) is 16.2 Å². The van der Waals surface area contributed by atoms with Gasteiger partial charge in [0, 0.05) is 11.6 Å². The maximum absolute atomic E-state index is 12.3. The van der Waals surface area contributed by atoms with Crippen molar-refractivity contribution in [2.24, 2.45) is 0 Å². The third-order valence-corrected chi connectivity index (χ3v) is 3.41. The fraction of sp³-hybridized carbons (Fsp3) is 0.500. The number of aryl methyl sites for hydroxylation is 2. The Morgan fingerprint density at radius 2 is 1.67 bits per heavy atom. The van der Waals surface area contributed by atoms with Crippen LogP contribution in [-0.2, 0) is 0 Å². The molecule has 0 radical (unpaired) electrons. The van der Waals surface area contributed by atoms with Crippen LogP contribution in [0.15, 0.2) is 12.1 Å². The molecule has 1 amide bonds. The first kappa shape index (κ1) is 17.4. The van der Waals surface area contributed by atoms with Crippen LogP contribution in [0.25, 0.3) is 0 Å². The number of benzene rings is 1. The average Bonchev–Trinajstić information content (AvgIpc) is 2.34. The van der Waals surface area contributed by atoms with Gasteiger partial charge < -0.3 is 5.32 Å². The lowest BCUT2D eigenvalue weighted by atomic mass is 9.93. The van der Waals surface area contributed by atoms with E-state index in [-0.39, 0.29) is 11.9 Å². The molecule has 3 N–H and O–H groups in total. The first-order valence-corrected chi connectivity index (χ1v) is 7.61.